The highest BCUT2D eigenvalue weighted by atomic mass is 32.2. The standard InChI is InChI=1S/C12H19N3O4S/c1-15-8-10(7-13-15)20(18,19)14-9-12(11(16)17)5-3-2-4-6-12/h7-8,14H,2-6,9H2,1H3,(H,16,17). The van der Waals surface area contributed by atoms with Crippen molar-refractivity contribution < 1.29 is 18.3 Å². The highest BCUT2D eigenvalue weighted by Gasteiger charge is 2.40. The second kappa shape index (κ2) is 5.53. The number of rotatable bonds is 5. The first kappa shape index (κ1) is 15.0. The summed E-state index contributed by atoms with van der Waals surface area (Å²) in [5.41, 5.74) is -0.979. The van der Waals surface area contributed by atoms with Gasteiger partial charge in [0.15, 0.2) is 0 Å². The molecule has 1 aromatic heterocycles. The van der Waals surface area contributed by atoms with Crippen molar-refractivity contribution >= 4 is 16.0 Å². The smallest absolute Gasteiger partial charge is 0.310 e. The molecule has 1 saturated carbocycles. The molecule has 1 fully saturated rings. The van der Waals surface area contributed by atoms with E-state index in [-0.39, 0.29) is 11.4 Å². The van der Waals surface area contributed by atoms with Gasteiger partial charge in [0.1, 0.15) is 4.90 Å². The topological polar surface area (TPSA) is 101 Å². The van der Waals surface area contributed by atoms with E-state index < -0.39 is 21.4 Å². The minimum atomic E-state index is -3.71. The van der Waals surface area contributed by atoms with Gasteiger partial charge in [-0.2, -0.15) is 5.10 Å². The van der Waals surface area contributed by atoms with E-state index >= 15 is 0 Å². The van der Waals surface area contributed by atoms with E-state index in [2.05, 4.69) is 9.82 Å². The Hall–Kier alpha value is -1.41. The predicted molar refractivity (Wildman–Crippen MR) is 71.6 cm³/mol. The summed E-state index contributed by atoms with van der Waals surface area (Å²) in [5, 5.41) is 13.2. The fraction of sp³-hybridized carbons (Fsp3) is 0.667. The SMILES string of the molecule is Cn1cc(S(=O)(=O)NCC2(C(=O)O)CCCCC2)cn1. The number of nitrogens with zero attached hydrogens (tertiary/aromatic N) is 2. The van der Waals surface area contributed by atoms with Gasteiger partial charge >= 0.3 is 5.97 Å². The van der Waals surface area contributed by atoms with Crippen molar-refractivity contribution in [3.63, 3.8) is 0 Å². The number of carboxylic acid groups (broad SMARTS) is 1. The fourth-order valence-electron chi connectivity index (χ4n) is 2.55. The molecular weight excluding hydrogens is 282 g/mol. The third kappa shape index (κ3) is 3.01. The summed E-state index contributed by atoms with van der Waals surface area (Å²) >= 11 is 0. The molecule has 0 aromatic carbocycles. The van der Waals surface area contributed by atoms with Gasteiger partial charge in [0, 0.05) is 19.8 Å². The van der Waals surface area contributed by atoms with E-state index in [9.17, 15) is 18.3 Å². The molecule has 2 N–H and O–H groups in total. The van der Waals surface area contributed by atoms with Gasteiger partial charge in [-0.25, -0.2) is 13.1 Å². The van der Waals surface area contributed by atoms with Crippen molar-refractivity contribution in [1.29, 1.82) is 0 Å². The monoisotopic (exact) mass is 301 g/mol. The van der Waals surface area contributed by atoms with Crippen LogP contribution in [0.25, 0.3) is 0 Å². The molecule has 20 heavy (non-hydrogen) atoms. The zero-order valence-electron chi connectivity index (χ0n) is 11.4. The van der Waals surface area contributed by atoms with Crippen LogP contribution in [0.15, 0.2) is 17.3 Å². The molecular formula is C12H19N3O4S. The highest BCUT2D eigenvalue weighted by Crippen LogP contribution is 2.36. The Morgan fingerprint density at radius 1 is 1.45 bits per heavy atom. The molecule has 0 unspecified atom stereocenters. The lowest BCUT2D eigenvalue weighted by Crippen LogP contribution is -2.44. The summed E-state index contributed by atoms with van der Waals surface area (Å²) in [5.74, 6) is -0.925. The van der Waals surface area contributed by atoms with Crippen LogP contribution in [0.5, 0.6) is 0 Å². The number of nitrogens with one attached hydrogen (secondary N) is 1. The van der Waals surface area contributed by atoms with Gasteiger partial charge in [-0.1, -0.05) is 19.3 Å². The Kier molecular flexibility index (Phi) is 4.14. The maximum atomic E-state index is 12.1. The van der Waals surface area contributed by atoms with Crippen LogP contribution < -0.4 is 4.72 Å². The molecule has 0 radical (unpaired) electrons. The van der Waals surface area contributed by atoms with Crippen molar-refractivity contribution in [3.05, 3.63) is 12.4 Å². The van der Waals surface area contributed by atoms with Crippen molar-refractivity contribution in [2.45, 2.75) is 37.0 Å². The first-order chi connectivity index (χ1) is 9.36. The number of aryl methyl sites for hydroxylation is 1. The zero-order chi connectivity index (χ0) is 14.8. The number of aliphatic carboxylic acids is 1. The summed E-state index contributed by atoms with van der Waals surface area (Å²) in [7, 11) is -2.08. The molecule has 1 aliphatic carbocycles. The van der Waals surface area contributed by atoms with Gasteiger partial charge in [-0.05, 0) is 12.8 Å². The Balaban J connectivity index is 2.11. The molecule has 2 rings (SSSR count). The molecule has 1 heterocycles. The number of hydrogen-bond donors (Lipinski definition) is 2. The Morgan fingerprint density at radius 2 is 2.10 bits per heavy atom. The summed E-state index contributed by atoms with van der Waals surface area (Å²) in [6.45, 7) is -0.0699. The van der Waals surface area contributed by atoms with E-state index in [1.54, 1.807) is 7.05 Å². The van der Waals surface area contributed by atoms with Gasteiger partial charge in [-0.3, -0.25) is 9.48 Å². The third-order valence-corrected chi connectivity index (χ3v) is 5.21. The maximum absolute atomic E-state index is 12.1. The molecule has 7 nitrogen and oxygen atoms in total. The molecule has 0 spiro atoms. The van der Waals surface area contributed by atoms with Crippen molar-refractivity contribution in [1.82, 2.24) is 14.5 Å². The van der Waals surface area contributed by atoms with Crippen LogP contribution >= 0.6 is 0 Å². The van der Waals surface area contributed by atoms with E-state index in [1.807, 2.05) is 0 Å². The van der Waals surface area contributed by atoms with Gasteiger partial charge in [0.25, 0.3) is 0 Å². The average Bonchev–Trinajstić information content (AvgIpc) is 2.85. The first-order valence-electron chi connectivity index (χ1n) is 6.57. The van der Waals surface area contributed by atoms with Crippen LogP contribution in [0.4, 0.5) is 0 Å². The molecule has 0 aliphatic heterocycles. The van der Waals surface area contributed by atoms with E-state index in [0.29, 0.717) is 12.8 Å². The molecule has 8 heteroatoms. The molecule has 112 valence electrons. The quantitative estimate of drug-likeness (QED) is 0.835. The average molecular weight is 301 g/mol. The summed E-state index contributed by atoms with van der Waals surface area (Å²) in [6, 6.07) is 0. The number of carbonyl (C=O) groups is 1. The van der Waals surface area contributed by atoms with E-state index in [4.69, 9.17) is 0 Å². The van der Waals surface area contributed by atoms with Crippen molar-refractivity contribution in [2.75, 3.05) is 6.54 Å². The predicted octanol–water partition coefficient (Wildman–Crippen LogP) is 0.733. The molecule has 1 aliphatic rings. The molecule has 0 atom stereocenters. The number of carboxylic acids is 1. The van der Waals surface area contributed by atoms with Crippen molar-refractivity contribution in [3.8, 4) is 0 Å². The molecule has 0 amide bonds. The molecule has 0 bridgehead atoms. The van der Waals surface area contributed by atoms with Gasteiger partial charge in [-0.15, -0.1) is 0 Å². The number of sulfonamides is 1. The minimum absolute atomic E-state index is 0.0522. The minimum Gasteiger partial charge on any atom is -0.481 e. The lowest BCUT2D eigenvalue weighted by Gasteiger charge is -2.33. The van der Waals surface area contributed by atoms with Crippen molar-refractivity contribution in [2.24, 2.45) is 12.5 Å². The second-order valence-corrected chi connectivity index (χ2v) is 7.09. The Bertz CT molecular complexity index is 588. The van der Waals surface area contributed by atoms with Gasteiger partial charge in [0.2, 0.25) is 10.0 Å². The second-order valence-electron chi connectivity index (χ2n) is 5.32. The van der Waals surface area contributed by atoms with Crippen LogP contribution in [0.3, 0.4) is 0 Å². The lowest BCUT2D eigenvalue weighted by molar-refractivity contribution is -0.150. The molecule has 1 aromatic rings. The van der Waals surface area contributed by atoms with Crippen LogP contribution in [-0.4, -0.2) is 35.8 Å². The van der Waals surface area contributed by atoms with Gasteiger partial charge in [0.05, 0.1) is 11.6 Å². The molecule has 0 saturated heterocycles. The van der Waals surface area contributed by atoms with E-state index in [1.165, 1.54) is 17.1 Å². The summed E-state index contributed by atoms with van der Waals surface area (Å²) < 4.78 is 28.0. The third-order valence-electron chi connectivity index (χ3n) is 3.86. The highest BCUT2D eigenvalue weighted by molar-refractivity contribution is 7.89. The van der Waals surface area contributed by atoms with Gasteiger partial charge < -0.3 is 5.11 Å². The normalized spacial score (nSPS) is 18.9. The Labute approximate surface area is 118 Å². The summed E-state index contributed by atoms with van der Waals surface area (Å²) in [4.78, 5) is 11.5. The fourth-order valence-corrected chi connectivity index (χ4v) is 3.66. The van der Waals surface area contributed by atoms with Crippen LogP contribution in [0.1, 0.15) is 32.1 Å². The van der Waals surface area contributed by atoms with Crippen LogP contribution in [0.2, 0.25) is 0 Å². The first-order valence-corrected chi connectivity index (χ1v) is 8.06. The zero-order valence-corrected chi connectivity index (χ0v) is 12.2. The summed E-state index contributed by atoms with van der Waals surface area (Å²) in [6.07, 6.45) is 6.30. The number of hydrogen-bond acceptors (Lipinski definition) is 4. The number of aromatic nitrogens is 2. The maximum Gasteiger partial charge on any atom is 0.310 e. The lowest BCUT2D eigenvalue weighted by atomic mass is 9.74. The Morgan fingerprint density at radius 3 is 2.60 bits per heavy atom. The van der Waals surface area contributed by atoms with E-state index in [0.717, 1.165) is 19.3 Å². The van der Waals surface area contributed by atoms with Crippen LogP contribution in [0, 0.1) is 5.41 Å². The largest absolute Gasteiger partial charge is 0.481 e. The van der Waals surface area contributed by atoms with Crippen LogP contribution in [-0.2, 0) is 21.9 Å².